The summed E-state index contributed by atoms with van der Waals surface area (Å²) in [5.41, 5.74) is 9.51. The number of anilines is 1. The van der Waals surface area contributed by atoms with E-state index in [-0.39, 0.29) is 0 Å². The molecule has 0 amide bonds. The third kappa shape index (κ3) is 1.74. The highest BCUT2D eigenvalue weighted by Gasteiger charge is 1.97. The van der Waals surface area contributed by atoms with Crippen molar-refractivity contribution in [3.63, 3.8) is 0 Å². The molecule has 14 heavy (non-hydrogen) atoms. The smallest absolute Gasteiger partial charge is 0.0705 e. The van der Waals surface area contributed by atoms with Gasteiger partial charge in [-0.1, -0.05) is 18.2 Å². The molecule has 0 unspecified atom stereocenters. The first-order valence-electron chi connectivity index (χ1n) is 4.55. The minimum absolute atomic E-state index is 0.779. The molecule has 0 saturated heterocycles. The lowest BCUT2D eigenvalue weighted by molar-refractivity contribution is 1.21. The monoisotopic (exact) mass is 184 g/mol. The number of nitrogens with zero attached hydrogens (tertiary/aromatic N) is 1. The fraction of sp³-hybridized carbons (Fsp3) is 0.0833. The normalized spacial score (nSPS) is 10.1. The van der Waals surface area contributed by atoms with Gasteiger partial charge in [0.05, 0.1) is 5.69 Å². The van der Waals surface area contributed by atoms with Crippen molar-refractivity contribution in [3.05, 3.63) is 48.2 Å². The Labute approximate surface area is 83.4 Å². The molecule has 0 spiro atoms. The van der Waals surface area contributed by atoms with E-state index >= 15 is 0 Å². The average Bonchev–Trinajstić information content (AvgIpc) is 2.19. The molecule has 2 rings (SSSR count). The summed E-state index contributed by atoms with van der Waals surface area (Å²) >= 11 is 0. The molecule has 1 heterocycles. The van der Waals surface area contributed by atoms with Gasteiger partial charge in [-0.25, -0.2) is 0 Å². The minimum Gasteiger partial charge on any atom is -0.399 e. The molecule has 0 radical (unpaired) electrons. The van der Waals surface area contributed by atoms with Gasteiger partial charge in [0.2, 0.25) is 0 Å². The number of rotatable bonds is 1. The van der Waals surface area contributed by atoms with Crippen LogP contribution in [0.2, 0.25) is 0 Å². The molecule has 70 valence electrons. The Morgan fingerprint density at radius 2 is 1.71 bits per heavy atom. The summed E-state index contributed by atoms with van der Waals surface area (Å²) in [6.45, 7) is 1.99. The van der Waals surface area contributed by atoms with Crippen LogP contribution < -0.4 is 5.73 Å². The molecule has 2 nitrogen and oxygen atoms in total. The zero-order chi connectivity index (χ0) is 9.97. The highest BCUT2D eigenvalue weighted by atomic mass is 14.7. The molecule has 2 aromatic rings. The number of nitrogen functional groups attached to an aromatic ring is 1. The third-order valence-corrected chi connectivity index (χ3v) is 2.09. The van der Waals surface area contributed by atoms with E-state index in [4.69, 9.17) is 5.73 Å². The predicted octanol–water partition coefficient (Wildman–Crippen LogP) is 2.64. The maximum atomic E-state index is 5.61. The minimum atomic E-state index is 0.779. The summed E-state index contributed by atoms with van der Waals surface area (Å²) in [6.07, 6.45) is 0. The van der Waals surface area contributed by atoms with Crippen LogP contribution in [0.3, 0.4) is 0 Å². The van der Waals surface area contributed by atoms with Crippen LogP contribution >= 0.6 is 0 Å². The van der Waals surface area contributed by atoms with Gasteiger partial charge in [0.15, 0.2) is 0 Å². The second kappa shape index (κ2) is 3.50. The summed E-state index contributed by atoms with van der Waals surface area (Å²) in [7, 11) is 0. The number of aromatic nitrogens is 1. The van der Waals surface area contributed by atoms with Gasteiger partial charge >= 0.3 is 0 Å². The number of nitrogens with two attached hydrogens (primary N) is 1. The summed E-state index contributed by atoms with van der Waals surface area (Å²) in [5.74, 6) is 0. The van der Waals surface area contributed by atoms with Crippen LogP contribution in [-0.2, 0) is 0 Å². The zero-order valence-electron chi connectivity index (χ0n) is 8.07. The van der Waals surface area contributed by atoms with E-state index in [0.717, 1.165) is 22.6 Å². The van der Waals surface area contributed by atoms with Crippen LogP contribution in [0.1, 0.15) is 5.69 Å². The lowest BCUT2D eigenvalue weighted by Crippen LogP contribution is -1.87. The van der Waals surface area contributed by atoms with Gasteiger partial charge in [0.1, 0.15) is 0 Å². The first-order chi connectivity index (χ1) is 6.75. The van der Waals surface area contributed by atoms with Crippen LogP contribution in [0.25, 0.3) is 11.3 Å². The van der Waals surface area contributed by atoms with Crippen LogP contribution in [0.15, 0.2) is 42.5 Å². The van der Waals surface area contributed by atoms with Crippen molar-refractivity contribution in [2.24, 2.45) is 0 Å². The van der Waals surface area contributed by atoms with E-state index in [1.165, 1.54) is 0 Å². The molecule has 0 aliphatic heterocycles. The molecule has 0 bridgehead atoms. The van der Waals surface area contributed by atoms with Crippen molar-refractivity contribution < 1.29 is 0 Å². The van der Waals surface area contributed by atoms with Crippen molar-refractivity contribution >= 4 is 5.69 Å². The molecule has 0 atom stereocenters. The molecule has 2 heteroatoms. The lowest BCUT2D eigenvalue weighted by Gasteiger charge is -2.01. The molecule has 0 aliphatic rings. The number of hydrogen-bond donors (Lipinski definition) is 1. The first kappa shape index (κ1) is 8.75. The third-order valence-electron chi connectivity index (χ3n) is 2.09. The Morgan fingerprint density at radius 1 is 1.00 bits per heavy atom. The molecule has 1 aromatic carbocycles. The Hall–Kier alpha value is -1.83. The van der Waals surface area contributed by atoms with Crippen molar-refractivity contribution in [3.8, 4) is 11.3 Å². The highest BCUT2D eigenvalue weighted by molar-refractivity contribution is 5.61. The summed E-state index contributed by atoms with van der Waals surface area (Å²) in [5, 5.41) is 0. The van der Waals surface area contributed by atoms with E-state index < -0.39 is 0 Å². The van der Waals surface area contributed by atoms with E-state index in [1.54, 1.807) is 0 Å². The fourth-order valence-electron chi connectivity index (χ4n) is 1.36. The van der Waals surface area contributed by atoms with Crippen molar-refractivity contribution in [2.45, 2.75) is 6.92 Å². The quantitative estimate of drug-likeness (QED) is 0.692. The van der Waals surface area contributed by atoms with Gasteiger partial charge in [-0.15, -0.1) is 0 Å². The van der Waals surface area contributed by atoms with Crippen molar-refractivity contribution in [2.75, 3.05) is 5.73 Å². The lowest BCUT2D eigenvalue weighted by atomic mass is 10.1. The Balaban J connectivity index is 2.44. The second-order valence-corrected chi connectivity index (χ2v) is 3.29. The topological polar surface area (TPSA) is 38.9 Å². The maximum Gasteiger partial charge on any atom is 0.0705 e. The van der Waals surface area contributed by atoms with Crippen molar-refractivity contribution in [1.29, 1.82) is 0 Å². The van der Waals surface area contributed by atoms with E-state index in [9.17, 15) is 0 Å². The number of benzene rings is 1. The van der Waals surface area contributed by atoms with Crippen LogP contribution in [0.4, 0.5) is 5.69 Å². The number of aryl methyl sites for hydroxylation is 1. The molecule has 1 aromatic heterocycles. The van der Waals surface area contributed by atoms with E-state index in [2.05, 4.69) is 4.98 Å². The van der Waals surface area contributed by atoms with Gasteiger partial charge in [-0.2, -0.15) is 0 Å². The zero-order valence-corrected chi connectivity index (χ0v) is 8.07. The number of pyridine rings is 1. The first-order valence-corrected chi connectivity index (χ1v) is 4.55. The summed E-state index contributed by atoms with van der Waals surface area (Å²) in [4.78, 5) is 4.43. The molecule has 0 aliphatic carbocycles. The van der Waals surface area contributed by atoms with Crippen molar-refractivity contribution in [1.82, 2.24) is 4.98 Å². The SMILES string of the molecule is Cc1cccc(-c2ccc(N)cc2)n1. The average molecular weight is 184 g/mol. The Bertz CT molecular complexity index is 432. The van der Waals surface area contributed by atoms with E-state index in [0.29, 0.717) is 0 Å². The molecule has 0 saturated carbocycles. The molecular weight excluding hydrogens is 172 g/mol. The van der Waals surface area contributed by atoms with Crippen LogP contribution in [-0.4, -0.2) is 4.98 Å². The molecular formula is C12H12N2. The van der Waals surface area contributed by atoms with Gasteiger partial charge in [0, 0.05) is 16.9 Å². The Kier molecular flexibility index (Phi) is 2.19. The highest BCUT2D eigenvalue weighted by Crippen LogP contribution is 2.18. The van der Waals surface area contributed by atoms with Gasteiger partial charge in [-0.05, 0) is 31.2 Å². The summed E-state index contributed by atoms with van der Waals surface area (Å²) in [6, 6.07) is 13.7. The van der Waals surface area contributed by atoms with Gasteiger partial charge in [0.25, 0.3) is 0 Å². The summed E-state index contributed by atoms with van der Waals surface area (Å²) < 4.78 is 0. The maximum absolute atomic E-state index is 5.61. The van der Waals surface area contributed by atoms with Crippen LogP contribution in [0.5, 0.6) is 0 Å². The Morgan fingerprint density at radius 3 is 2.36 bits per heavy atom. The fourth-order valence-corrected chi connectivity index (χ4v) is 1.36. The molecule has 0 fully saturated rings. The number of hydrogen-bond acceptors (Lipinski definition) is 2. The second-order valence-electron chi connectivity index (χ2n) is 3.29. The van der Waals surface area contributed by atoms with Crippen LogP contribution in [0, 0.1) is 6.92 Å². The standard InChI is InChI=1S/C12H12N2/c1-9-3-2-4-12(14-9)10-5-7-11(13)8-6-10/h2-8H,13H2,1H3. The van der Waals surface area contributed by atoms with Gasteiger partial charge in [-0.3, -0.25) is 4.98 Å². The predicted molar refractivity (Wildman–Crippen MR) is 58.8 cm³/mol. The van der Waals surface area contributed by atoms with Gasteiger partial charge < -0.3 is 5.73 Å². The van der Waals surface area contributed by atoms with E-state index in [1.807, 2.05) is 49.4 Å². The largest absolute Gasteiger partial charge is 0.399 e. The molecule has 2 N–H and O–H groups in total.